The Balaban J connectivity index is 2.24. The molecule has 1 aliphatic rings. The van der Waals surface area contributed by atoms with Crippen molar-refractivity contribution in [2.75, 3.05) is 0 Å². The SMILES string of the molecule is O=C1CCC(=O)N1OS(=O)(=O)c1ccc(C(F)(F)F)cc1. The number of hydroxylamine groups is 2. The minimum atomic E-state index is -4.61. The summed E-state index contributed by atoms with van der Waals surface area (Å²) < 4.78 is 65.0. The summed E-state index contributed by atoms with van der Waals surface area (Å²) in [5, 5.41) is 0.104. The van der Waals surface area contributed by atoms with E-state index >= 15 is 0 Å². The molecule has 10 heteroatoms. The Hall–Kier alpha value is -1.94. The number of alkyl halides is 3. The summed E-state index contributed by atoms with van der Waals surface area (Å²) in [6.45, 7) is 0. The summed E-state index contributed by atoms with van der Waals surface area (Å²) in [6, 6.07) is 2.49. The van der Waals surface area contributed by atoms with Gasteiger partial charge in [-0.15, -0.1) is 9.35 Å². The summed E-state index contributed by atoms with van der Waals surface area (Å²) in [4.78, 5) is 21.9. The van der Waals surface area contributed by atoms with Crippen molar-refractivity contribution in [3.8, 4) is 0 Å². The van der Waals surface area contributed by atoms with Gasteiger partial charge in [0.25, 0.3) is 11.8 Å². The van der Waals surface area contributed by atoms with Crippen molar-refractivity contribution >= 4 is 21.9 Å². The van der Waals surface area contributed by atoms with Crippen LogP contribution >= 0.6 is 0 Å². The van der Waals surface area contributed by atoms with E-state index in [1.807, 2.05) is 0 Å². The maximum absolute atomic E-state index is 12.4. The van der Waals surface area contributed by atoms with Crippen LogP contribution < -0.4 is 0 Å². The quantitative estimate of drug-likeness (QED) is 0.787. The van der Waals surface area contributed by atoms with Crippen molar-refractivity contribution in [2.24, 2.45) is 0 Å². The molecule has 0 aliphatic carbocycles. The molecule has 114 valence electrons. The van der Waals surface area contributed by atoms with Crippen LogP contribution in [0.5, 0.6) is 0 Å². The van der Waals surface area contributed by atoms with Gasteiger partial charge >= 0.3 is 16.3 Å². The van der Waals surface area contributed by atoms with Crippen LogP contribution in [0.2, 0.25) is 0 Å². The van der Waals surface area contributed by atoms with Gasteiger partial charge in [-0.05, 0) is 24.3 Å². The van der Waals surface area contributed by atoms with Crippen molar-refractivity contribution in [1.29, 1.82) is 0 Å². The van der Waals surface area contributed by atoms with E-state index in [9.17, 15) is 31.2 Å². The average molecular weight is 323 g/mol. The van der Waals surface area contributed by atoms with E-state index in [0.29, 0.717) is 24.3 Å². The van der Waals surface area contributed by atoms with Crippen LogP contribution in [0.4, 0.5) is 13.2 Å². The van der Waals surface area contributed by atoms with Crippen molar-refractivity contribution < 1.29 is 35.5 Å². The summed E-state index contributed by atoms with van der Waals surface area (Å²) in [6.07, 6.45) is -4.97. The molecule has 0 unspecified atom stereocenters. The van der Waals surface area contributed by atoms with Gasteiger partial charge in [0, 0.05) is 12.8 Å². The van der Waals surface area contributed by atoms with E-state index in [1.165, 1.54) is 0 Å². The summed E-state index contributed by atoms with van der Waals surface area (Å²) >= 11 is 0. The van der Waals surface area contributed by atoms with Crippen LogP contribution in [0.1, 0.15) is 18.4 Å². The fraction of sp³-hybridized carbons (Fsp3) is 0.273. The van der Waals surface area contributed by atoms with Gasteiger partial charge in [-0.1, -0.05) is 0 Å². The number of halogens is 3. The topological polar surface area (TPSA) is 80.8 Å². The first-order chi connectivity index (χ1) is 9.61. The first kappa shape index (κ1) is 15.4. The molecule has 1 aromatic carbocycles. The lowest BCUT2D eigenvalue weighted by Crippen LogP contribution is -2.32. The number of carbonyl (C=O) groups is 2. The van der Waals surface area contributed by atoms with Crippen LogP contribution in [-0.4, -0.2) is 25.3 Å². The molecular weight excluding hydrogens is 315 g/mol. The first-order valence-corrected chi connectivity index (χ1v) is 7.00. The smallest absolute Gasteiger partial charge is 0.272 e. The number of hydrogen-bond acceptors (Lipinski definition) is 5. The van der Waals surface area contributed by atoms with Gasteiger partial charge in [0.2, 0.25) is 0 Å². The second-order valence-corrected chi connectivity index (χ2v) is 5.66. The van der Waals surface area contributed by atoms with Gasteiger partial charge in [-0.2, -0.15) is 21.6 Å². The molecule has 0 N–H and O–H groups in total. The Bertz CT molecular complexity index is 665. The molecule has 0 saturated carbocycles. The fourth-order valence-electron chi connectivity index (χ4n) is 1.59. The highest BCUT2D eigenvalue weighted by Crippen LogP contribution is 2.30. The number of rotatable bonds is 3. The second-order valence-electron chi connectivity index (χ2n) is 4.13. The summed E-state index contributed by atoms with van der Waals surface area (Å²) in [5.74, 6) is -1.65. The van der Waals surface area contributed by atoms with Gasteiger partial charge in [-0.25, -0.2) is 0 Å². The molecule has 1 heterocycles. The van der Waals surface area contributed by atoms with E-state index in [2.05, 4.69) is 4.28 Å². The minimum absolute atomic E-state index is 0.104. The molecule has 2 amide bonds. The van der Waals surface area contributed by atoms with Gasteiger partial charge < -0.3 is 0 Å². The third-order valence-corrected chi connectivity index (χ3v) is 3.84. The second kappa shape index (κ2) is 5.11. The highest BCUT2D eigenvalue weighted by Gasteiger charge is 2.36. The predicted octanol–water partition coefficient (Wildman–Crippen LogP) is 1.47. The zero-order chi connectivity index (χ0) is 15.8. The zero-order valence-electron chi connectivity index (χ0n) is 10.3. The van der Waals surface area contributed by atoms with Crippen molar-refractivity contribution in [3.63, 3.8) is 0 Å². The summed E-state index contributed by atoms with van der Waals surface area (Å²) in [5.41, 5.74) is -1.03. The van der Waals surface area contributed by atoms with Gasteiger partial charge in [-0.3, -0.25) is 9.59 Å². The molecule has 0 radical (unpaired) electrons. The molecule has 1 fully saturated rings. The van der Waals surface area contributed by atoms with Crippen LogP contribution in [0.25, 0.3) is 0 Å². The van der Waals surface area contributed by atoms with Gasteiger partial charge in [0.15, 0.2) is 0 Å². The third kappa shape index (κ3) is 3.22. The molecule has 0 spiro atoms. The van der Waals surface area contributed by atoms with E-state index in [-0.39, 0.29) is 17.9 Å². The van der Waals surface area contributed by atoms with Gasteiger partial charge in [0.05, 0.1) is 10.5 Å². The van der Waals surface area contributed by atoms with E-state index in [0.717, 1.165) is 0 Å². The highest BCUT2D eigenvalue weighted by molar-refractivity contribution is 7.86. The highest BCUT2D eigenvalue weighted by atomic mass is 32.2. The largest absolute Gasteiger partial charge is 0.416 e. The van der Waals surface area contributed by atoms with Gasteiger partial charge in [0.1, 0.15) is 0 Å². The predicted molar refractivity (Wildman–Crippen MR) is 60.8 cm³/mol. The lowest BCUT2D eigenvalue weighted by atomic mass is 10.2. The normalized spacial score (nSPS) is 16.6. The Morgan fingerprint density at radius 3 is 1.90 bits per heavy atom. The number of imide groups is 1. The molecule has 2 rings (SSSR count). The van der Waals surface area contributed by atoms with E-state index < -0.39 is 38.6 Å². The monoisotopic (exact) mass is 323 g/mol. The number of amides is 2. The van der Waals surface area contributed by atoms with Crippen molar-refractivity contribution in [3.05, 3.63) is 29.8 Å². The molecule has 21 heavy (non-hydrogen) atoms. The fourth-order valence-corrected chi connectivity index (χ4v) is 2.51. The molecule has 6 nitrogen and oxygen atoms in total. The lowest BCUT2D eigenvalue weighted by molar-refractivity contribution is -0.163. The number of hydrogen-bond donors (Lipinski definition) is 0. The maximum Gasteiger partial charge on any atom is 0.416 e. The molecule has 1 aliphatic heterocycles. The standard InChI is InChI=1S/C11H8F3NO5S/c12-11(13,14)7-1-3-8(4-2-7)21(18,19)20-15-9(16)5-6-10(15)17/h1-4H,5-6H2. The molecule has 0 atom stereocenters. The first-order valence-electron chi connectivity index (χ1n) is 5.59. The molecule has 1 aromatic rings. The van der Waals surface area contributed by atoms with Crippen LogP contribution in [-0.2, 0) is 30.2 Å². The van der Waals surface area contributed by atoms with Crippen LogP contribution in [0.3, 0.4) is 0 Å². The Morgan fingerprint density at radius 1 is 1.00 bits per heavy atom. The maximum atomic E-state index is 12.4. The Morgan fingerprint density at radius 2 is 1.48 bits per heavy atom. The number of carbonyl (C=O) groups excluding carboxylic acids is 2. The van der Waals surface area contributed by atoms with E-state index in [4.69, 9.17) is 0 Å². The average Bonchev–Trinajstić information content (AvgIpc) is 2.69. The molecular formula is C11H8F3NO5S. The molecule has 0 bridgehead atoms. The zero-order valence-corrected chi connectivity index (χ0v) is 11.1. The summed E-state index contributed by atoms with van der Waals surface area (Å²) in [7, 11) is -4.55. The van der Waals surface area contributed by atoms with Crippen LogP contribution in [0, 0.1) is 0 Å². The van der Waals surface area contributed by atoms with Crippen molar-refractivity contribution in [1.82, 2.24) is 5.06 Å². The third-order valence-electron chi connectivity index (χ3n) is 2.65. The lowest BCUT2D eigenvalue weighted by Gasteiger charge is -2.13. The Kier molecular flexibility index (Phi) is 3.76. The molecule has 0 aromatic heterocycles. The Labute approximate surface area is 117 Å². The van der Waals surface area contributed by atoms with E-state index in [1.54, 1.807) is 0 Å². The number of nitrogens with zero attached hydrogens (tertiary/aromatic N) is 1. The van der Waals surface area contributed by atoms with Crippen LogP contribution in [0.15, 0.2) is 29.2 Å². The van der Waals surface area contributed by atoms with Crippen molar-refractivity contribution in [2.45, 2.75) is 23.9 Å². The minimum Gasteiger partial charge on any atom is -0.272 e. The molecule has 1 saturated heterocycles. The number of benzene rings is 1.